The maximum absolute atomic E-state index is 13.4. The largest absolute Gasteiger partial charge is 0.477 e. The molecule has 4 N–H and O–H groups in total. The van der Waals surface area contributed by atoms with Crippen molar-refractivity contribution in [2.75, 3.05) is 19.6 Å². The molecule has 3 fully saturated rings. The van der Waals surface area contributed by atoms with Crippen LogP contribution in [0.3, 0.4) is 0 Å². The van der Waals surface area contributed by atoms with Crippen LogP contribution in [0.25, 0.3) is 0 Å². The van der Waals surface area contributed by atoms with Crippen molar-refractivity contribution in [2.45, 2.75) is 75.6 Å². The molecule has 7 atom stereocenters. The highest BCUT2D eigenvalue weighted by atomic mass is 127. The fourth-order valence-electron chi connectivity index (χ4n) is 7.03. The Morgan fingerprint density at radius 2 is 1.91 bits per heavy atom. The van der Waals surface area contributed by atoms with Gasteiger partial charge in [-0.15, -0.1) is 35.7 Å². The number of nitro benzene ring substituents is 1. The van der Waals surface area contributed by atoms with Crippen LogP contribution in [0.15, 0.2) is 34.9 Å². The van der Waals surface area contributed by atoms with Gasteiger partial charge < -0.3 is 30.5 Å². The van der Waals surface area contributed by atoms with Gasteiger partial charge in [0.15, 0.2) is 0 Å². The summed E-state index contributed by atoms with van der Waals surface area (Å²) in [5.41, 5.74) is 5.93. The standard InChI is InChI=1S/C29H37N5O9S.HI/c1-15-24-23(16(2)35)27(37)33(24)25(28(38)39)26(15)44-21-10-20(12-31-9-3-4-19(31)11-22(30)36)32(13-21)29(40)43-14-17-5-7-18(8-6-17)34(41)42;/h5-8,15-16,19-21,23-24,35H,3-4,9-14H2,1-2H3,(H2,30,36)(H,38,39);1H/t15-,16-,19?,20+,21+,23-,24-;/m1./s1. The van der Waals surface area contributed by atoms with Crippen LogP contribution >= 0.6 is 35.7 Å². The minimum absolute atomic E-state index is 0. The first-order valence-electron chi connectivity index (χ1n) is 14.7. The number of aliphatic carboxylic acids is 1. The van der Waals surface area contributed by atoms with E-state index in [2.05, 4.69) is 4.90 Å². The van der Waals surface area contributed by atoms with Gasteiger partial charge in [-0.2, -0.15) is 0 Å². The highest BCUT2D eigenvalue weighted by Gasteiger charge is 2.60. The molecule has 1 aromatic rings. The summed E-state index contributed by atoms with van der Waals surface area (Å²) in [6.07, 6.45) is 0.991. The van der Waals surface area contributed by atoms with E-state index in [1.54, 1.807) is 4.90 Å². The number of carboxylic acid groups (broad SMARTS) is 1. The van der Waals surface area contributed by atoms with Crippen molar-refractivity contribution < 1.29 is 39.1 Å². The zero-order valence-electron chi connectivity index (χ0n) is 24.9. The van der Waals surface area contributed by atoms with Gasteiger partial charge in [-0.25, -0.2) is 9.59 Å². The molecule has 3 saturated heterocycles. The molecule has 246 valence electrons. The van der Waals surface area contributed by atoms with Crippen LogP contribution in [-0.2, 0) is 25.7 Å². The van der Waals surface area contributed by atoms with E-state index in [1.165, 1.54) is 47.9 Å². The molecule has 5 rings (SSSR count). The SMILES string of the molecule is C[C@@H](O)[C@H]1C(=O)N2C(C(=O)O)=C(S[C@H]3C[C@@H](CN4CCCC4CC(N)=O)N(C(=O)OCc4ccc([N+](=O)[O-])cc4)C3)[C@H](C)[C@H]12.I. The lowest BCUT2D eigenvalue weighted by Crippen LogP contribution is -2.63. The van der Waals surface area contributed by atoms with Gasteiger partial charge in [-0.05, 0) is 50.4 Å². The number of likely N-dealkylation sites (tertiary alicyclic amines) is 2. The van der Waals surface area contributed by atoms with E-state index in [0.29, 0.717) is 23.4 Å². The number of fused-ring (bicyclic) bond motifs is 1. The molecule has 0 aliphatic carbocycles. The molecular formula is C29H38IN5O9S. The number of aliphatic hydroxyl groups is 1. The molecule has 3 amide bonds. The van der Waals surface area contributed by atoms with E-state index in [9.17, 15) is 39.5 Å². The number of carbonyl (C=O) groups excluding carboxylic acids is 3. The number of ether oxygens (including phenoxy) is 1. The second kappa shape index (κ2) is 14.2. The zero-order valence-corrected chi connectivity index (χ0v) is 28.1. The molecule has 4 aliphatic heterocycles. The molecule has 0 aromatic heterocycles. The summed E-state index contributed by atoms with van der Waals surface area (Å²) in [7, 11) is 0. The van der Waals surface area contributed by atoms with Gasteiger partial charge in [-0.1, -0.05) is 6.92 Å². The second-order valence-corrected chi connectivity index (χ2v) is 13.3. The number of hydrogen-bond donors (Lipinski definition) is 3. The third-order valence-corrected chi connectivity index (χ3v) is 10.6. The monoisotopic (exact) mass is 759 g/mol. The number of aliphatic hydroxyl groups excluding tert-OH is 1. The zero-order chi connectivity index (χ0) is 31.9. The Morgan fingerprint density at radius 3 is 2.51 bits per heavy atom. The first kappa shape index (κ1) is 34.9. The van der Waals surface area contributed by atoms with E-state index in [4.69, 9.17) is 10.5 Å². The van der Waals surface area contributed by atoms with Gasteiger partial charge in [0.2, 0.25) is 11.8 Å². The average Bonchev–Trinajstić information content (AvgIpc) is 3.63. The van der Waals surface area contributed by atoms with E-state index >= 15 is 0 Å². The van der Waals surface area contributed by atoms with Gasteiger partial charge in [0.1, 0.15) is 12.3 Å². The molecule has 14 nitrogen and oxygen atoms in total. The summed E-state index contributed by atoms with van der Waals surface area (Å²) in [5, 5.41) is 31.0. The van der Waals surface area contributed by atoms with E-state index in [1.807, 2.05) is 6.92 Å². The van der Waals surface area contributed by atoms with Crippen molar-refractivity contribution in [1.29, 1.82) is 0 Å². The van der Waals surface area contributed by atoms with E-state index in [-0.39, 0.29) is 84.1 Å². The molecule has 0 bridgehead atoms. The molecule has 0 spiro atoms. The summed E-state index contributed by atoms with van der Waals surface area (Å²) >= 11 is 1.35. The fourth-order valence-corrected chi connectivity index (χ4v) is 8.59. The number of nitro groups is 1. The number of amides is 3. The lowest BCUT2D eigenvalue weighted by Gasteiger charge is -2.46. The molecule has 1 unspecified atom stereocenters. The van der Waals surface area contributed by atoms with Crippen molar-refractivity contribution in [2.24, 2.45) is 17.6 Å². The van der Waals surface area contributed by atoms with Crippen LogP contribution in [0.2, 0.25) is 0 Å². The van der Waals surface area contributed by atoms with Crippen molar-refractivity contribution in [3.63, 3.8) is 0 Å². The average molecular weight is 760 g/mol. The predicted molar refractivity (Wildman–Crippen MR) is 173 cm³/mol. The molecule has 45 heavy (non-hydrogen) atoms. The number of β-lactam (4-membered cyclic amide) rings is 1. The molecule has 4 heterocycles. The topological polar surface area (TPSA) is 197 Å². The Balaban J connectivity index is 0.00000461. The maximum atomic E-state index is 13.4. The minimum atomic E-state index is -1.21. The van der Waals surface area contributed by atoms with Gasteiger partial charge in [0.05, 0.1) is 23.0 Å². The van der Waals surface area contributed by atoms with Crippen LogP contribution < -0.4 is 5.73 Å². The molecule has 16 heteroatoms. The summed E-state index contributed by atoms with van der Waals surface area (Å²) in [5.74, 6) is -2.97. The van der Waals surface area contributed by atoms with E-state index < -0.39 is 41.0 Å². The van der Waals surface area contributed by atoms with Crippen LogP contribution in [0, 0.1) is 22.0 Å². The van der Waals surface area contributed by atoms with Crippen molar-refractivity contribution in [3.05, 3.63) is 50.5 Å². The number of non-ortho nitro benzene ring substituents is 1. The summed E-state index contributed by atoms with van der Waals surface area (Å²) in [6.45, 7) is 4.81. The molecule has 4 aliphatic rings. The summed E-state index contributed by atoms with van der Waals surface area (Å²) in [6, 6.07) is 4.98. The number of hydrogen-bond acceptors (Lipinski definition) is 10. The lowest BCUT2D eigenvalue weighted by molar-refractivity contribution is -0.384. The number of primary amides is 1. The fraction of sp³-hybridized carbons (Fsp3) is 0.586. The van der Waals surface area contributed by atoms with Crippen LogP contribution in [-0.4, -0.2) is 103 Å². The summed E-state index contributed by atoms with van der Waals surface area (Å²) < 4.78 is 5.62. The first-order chi connectivity index (χ1) is 20.9. The van der Waals surface area contributed by atoms with Crippen LogP contribution in [0.1, 0.15) is 45.1 Å². The first-order valence-corrected chi connectivity index (χ1v) is 15.6. The van der Waals surface area contributed by atoms with Crippen molar-refractivity contribution >= 4 is 65.3 Å². The highest BCUT2D eigenvalue weighted by molar-refractivity contribution is 14.0. The Labute approximate surface area is 281 Å². The van der Waals surface area contributed by atoms with E-state index in [0.717, 1.165) is 19.4 Å². The number of nitrogens with zero attached hydrogens (tertiary/aromatic N) is 4. The predicted octanol–water partition coefficient (Wildman–Crippen LogP) is 2.52. The number of benzene rings is 1. The molecule has 0 saturated carbocycles. The summed E-state index contributed by atoms with van der Waals surface area (Å²) in [4.78, 5) is 66.3. The number of halogens is 1. The maximum Gasteiger partial charge on any atom is 0.410 e. The Kier molecular flexibility index (Phi) is 11.0. The van der Waals surface area contributed by atoms with Crippen LogP contribution in [0.4, 0.5) is 10.5 Å². The number of nitrogens with two attached hydrogens (primary N) is 1. The Bertz CT molecular complexity index is 1380. The third-order valence-electron chi connectivity index (χ3n) is 9.11. The van der Waals surface area contributed by atoms with Gasteiger partial charge in [0, 0.05) is 59.8 Å². The van der Waals surface area contributed by atoms with Crippen molar-refractivity contribution in [1.82, 2.24) is 14.7 Å². The number of thioether (sulfide) groups is 1. The molecule has 1 aromatic carbocycles. The lowest BCUT2D eigenvalue weighted by atomic mass is 9.79. The highest BCUT2D eigenvalue weighted by Crippen LogP contribution is 2.52. The quantitative estimate of drug-likeness (QED) is 0.130. The van der Waals surface area contributed by atoms with Gasteiger partial charge in [-0.3, -0.25) is 24.6 Å². The number of carbonyl (C=O) groups is 4. The second-order valence-electron chi connectivity index (χ2n) is 12.0. The Hall–Kier alpha value is -2.96. The molecule has 0 radical (unpaired) electrons. The van der Waals surface area contributed by atoms with Crippen LogP contribution in [0.5, 0.6) is 0 Å². The number of rotatable bonds is 11. The number of carboxylic acids is 1. The minimum Gasteiger partial charge on any atom is -0.477 e. The third kappa shape index (κ3) is 7.07. The normalized spacial score (nSPS) is 28.4. The molecular weight excluding hydrogens is 721 g/mol. The van der Waals surface area contributed by atoms with Crippen molar-refractivity contribution in [3.8, 4) is 0 Å². The van der Waals surface area contributed by atoms with Gasteiger partial charge >= 0.3 is 12.1 Å². The smallest absolute Gasteiger partial charge is 0.410 e. The van der Waals surface area contributed by atoms with Gasteiger partial charge in [0.25, 0.3) is 5.69 Å². The Morgan fingerprint density at radius 1 is 1.22 bits per heavy atom.